The molecule has 0 saturated heterocycles. The van der Waals surface area contributed by atoms with Crippen LogP contribution in [0, 0.1) is 5.21 Å². The number of hydrogen-bond acceptors (Lipinski definition) is 5. The van der Waals surface area contributed by atoms with Gasteiger partial charge in [-0.1, -0.05) is 0 Å². The number of esters is 1. The molecule has 0 unspecified atom stereocenters. The van der Waals surface area contributed by atoms with Crippen molar-refractivity contribution in [3.05, 3.63) is 17.4 Å². The van der Waals surface area contributed by atoms with Crippen molar-refractivity contribution < 1.29 is 13.9 Å². The first-order valence-electron chi connectivity index (χ1n) is 3.69. The van der Waals surface area contributed by atoms with E-state index >= 15 is 0 Å². The Hall–Kier alpha value is -1.43. The molecule has 0 aromatic rings. The molecule has 0 N–H and O–H groups in total. The third-order valence-electron chi connectivity index (χ3n) is 1.37. The van der Waals surface area contributed by atoms with E-state index in [-0.39, 0.29) is 17.4 Å². The van der Waals surface area contributed by atoms with E-state index in [1.807, 2.05) is 0 Å². The quantitative estimate of drug-likeness (QED) is 0.468. The molecule has 13 heavy (non-hydrogen) atoms. The van der Waals surface area contributed by atoms with Crippen molar-refractivity contribution in [3.63, 3.8) is 0 Å². The second-order valence-electron chi connectivity index (χ2n) is 2.28. The fraction of sp³-hybridized carbons (Fsp3) is 0.429. The Morgan fingerprint density at radius 3 is 3.15 bits per heavy atom. The van der Waals surface area contributed by atoms with Gasteiger partial charge in [0.25, 0.3) is 0 Å². The third-order valence-corrected chi connectivity index (χ3v) is 1.37. The van der Waals surface area contributed by atoms with Crippen LogP contribution in [0.5, 0.6) is 0 Å². The first-order chi connectivity index (χ1) is 6.15. The lowest BCUT2D eigenvalue weighted by Gasteiger charge is -2.29. The van der Waals surface area contributed by atoms with Crippen molar-refractivity contribution >= 4 is 11.7 Å². The smallest absolute Gasteiger partial charge is 0.354 e. The van der Waals surface area contributed by atoms with Crippen LogP contribution in [0.3, 0.4) is 0 Å². The molecule has 0 amide bonds. The van der Waals surface area contributed by atoms with Crippen LogP contribution in [0.1, 0.15) is 6.92 Å². The van der Waals surface area contributed by atoms with Crippen LogP contribution in [-0.4, -0.2) is 29.9 Å². The van der Waals surface area contributed by atoms with Crippen molar-refractivity contribution in [2.45, 2.75) is 6.92 Å². The summed E-state index contributed by atoms with van der Waals surface area (Å²) in [5, 5.41) is 10.7. The average molecular weight is 187 g/mol. The Morgan fingerprint density at radius 1 is 1.92 bits per heavy atom. The molecule has 72 valence electrons. The van der Waals surface area contributed by atoms with Gasteiger partial charge in [0.05, 0.1) is 19.4 Å². The van der Waals surface area contributed by atoms with Crippen molar-refractivity contribution in [1.82, 2.24) is 5.06 Å². The van der Waals surface area contributed by atoms with Gasteiger partial charge in [0.2, 0.25) is 0 Å². The van der Waals surface area contributed by atoms with Crippen LogP contribution in [0.4, 0.5) is 4.39 Å². The molecule has 1 aliphatic heterocycles. The number of hydroxylamine groups is 2. The van der Waals surface area contributed by atoms with Gasteiger partial charge >= 0.3 is 5.97 Å². The molecule has 0 radical (unpaired) electrons. The Balaban J connectivity index is 2.68. The lowest BCUT2D eigenvalue weighted by Crippen LogP contribution is -2.31. The number of nitrogens with zero attached hydrogens (tertiary/aromatic N) is 2. The molecule has 1 rings (SSSR count). The molecule has 1 heterocycles. The molecular weight excluding hydrogens is 179 g/mol. The highest BCUT2D eigenvalue weighted by molar-refractivity contribution is 6.37. The summed E-state index contributed by atoms with van der Waals surface area (Å²) in [7, 11) is 0. The summed E-state index contributed by atoms with van der Waals surface area (Å²) >= 11 is 0. The summed E-state index contributed by atoms with van der Waals surface area (Å²) < 4.78 is 17.0. The van der Waals surface area contributed by atoms with E-state index in [1.165, 1.54) is 0 Å². The van der Waals surface area contributed by atoms with Gasteiger partial charge in [0, 0.05) is 0 Å². The van der Waals surface area contributed by atoms with Crippen molar-refractivity contribution in [2.75, 3.05) is 13.2 Å². The minimum Gasteiger partial charge on any atom is -0.756 e. The minimum atomic E-state index is -1.01. The second kappa shape index (κ2) is 3.99. The van der Waals surface area contributed by atoms with Crippen LogP contribution < -0.4 is 0 Å². The zero-order valence-corrected chi connectivity index (χ0v) is 6.99. The second-order valence-corrected chi connectivity index (χ2v) is 2.28. The van der Waals surface area contributed by atoms with E-state index in [4.69, 9.17) is 0 Å². The predicted octanol–water partition coefficient (Wildman–Crippen LogP) is 0.572. The largest absolute Gasteiger partial charge is 0.756 e. The zero-order valence-electron chi connectivity index (χ0n) is 6.99. The van der Waals surface area contributed by atoms with Crippen molar-refractivity contribution in [2.24, 2.45) is 4.99 Å². The van der Waals surface area contributed by atoms with E-state index < -0.39 is 18.5 Å². The SMILES string of the molecule is CCOC(=O)C1=NC=C(F)N([O-])C1. The fourth-order valence-corrected chi connectivity index (χ4v) is 0.780. The fourth-order valence-electron chi connectivity index (χ4n) is 0.780. The number of hydrogen-bond donors (Lipinski definition) is 0. The van der Waals surface area contributed by atoms with Crippen molar-refractivity contribution in [1.29, 1.82) is 0 Å². The highest BCUT2D eigenvalue weighted by Gasteiger charge is 2.17. The van der Waals surface area contributed by atoms with Gasteiger partial charge in [-0.15, -0.1) is 0 Å². The monoisotopic (exact) mass is 187 g/mol. The number of carbonyl (C=O) groups excluding carboxylic acids is 1. The molecule has 6 heteroatoms. The van der Waals surface area contributed by atoms with Gasteiger partial charge in [-0.3, -0.25) is 0 Å². The van der Waals surface area contributed by atoms with E-state index in [0.717, 1.165) is 0 Å². The van der Waals surface area contributed by atoms with Crippen LogP contribution in [0.25, 0.3) is 0 Å². The molecule has 0 atom stereocenters. The average Bonchev–Trinajstić information content (AvgIpc) is 2.10. The lowest BCUT2D eigenvalue weighted by molar-refractivity contribution is -0.135. The number of rotatable bonds is 2. The Morgan fingerprint density at radius 2 is 2.62 bits per heavy atom. The Kier molecular flexibility index (Phi) is 2.97. The molecule has 0 bridgehead atoms. The minimum absolute atomic E-state index is 0.0409. The summed E-state index contributed by atoms with van der Waals surface area (Å²) in [4.78, 5) is 14.4. The number of ether oxygens (including phenoxy) is 1. The molecule has 5 nitrogen and oxygen atoms in total. The summed E-state index contributed by atoms with van der Waals surface area (Å²) in [5.41, 5.74) is -0.0850. The maximum absolute atomic E-state index is 12.4. The van der Waals surface area contributed by atoms with E-state index in [2.05, 4.69) is 9.73 Å². The van der Waals surface area contributed by atoms with Gasteiger partial charge in [0.15, 0.2) is 5.95 Å². The van der Waals surface area contributed by atoms with Crippen LogP contribution >= 0.6 is 0 Å². The number of halogens is 1. The normalized spacial score (nSPS) is 16.4. The maximum atomic E-state index is 12.4. The first-order valence-corrected chi connectivity index (χ1v) is 3.69. The van der Waals surface area contributed by atoms with E-state index in [1.54, 1.807) is 6.92 Å². The molecule has 0 spiro atoms. The predicted molar refractivity (Wildman–Crippen MR) is 43.3 cm³/mol. The van der Waals surface area contributed by atoms with Crippen LogP contribution in [0.2, 0.25) is 0 Å². The first kappa shape index (κ1) is 9.66. The Bertz CT molecular complexity index is 275. The third kappa shape index (κ3) is 2.25. The molecule has 0 aromatic heterocycles. The highest BCUT2D eigenvalue weighted by Crippen LogP contribution is 2.09. The van der Waals surface area contributed by atoms with Crippen molar-refractivity contribution in [3.8, 4) is 0 Å². The van der Waals surface area contributed by atoms with Gasteiger partial charge in [-0.25, -0.2) is 9.79 Å². The summed E-state index contributed by atoms with van der Waals surface area (Å²) in [6.45, 7) is 1.43. The Labute approximate surface area is 74.1 Å². The molecule has 1 aliphatic rings. The van der Waals surface area contributed by atoms with E-state index in [0.29, 0.717) is 6.20 Å². The summed E-state index contributed by atoms with van der Waals surface area (Å²) in [5.74, 6) is -1.69. The lowest BCUT2D eigenvalue weighted by atomic mass is 10.3. The van der Waals surface area contributed by atoms with E-state index in [9.17, 15) is 14.4 Å². The highest BCUT2D eigenvalue weighted by atomic mass is 19.1. The molecule has 0 saturated carbocycles. The molecule has 0 aromatic carbocycles. The number of aliphatic imine (C=N–C) groups is 1. The molecule has 0 fully saturated rings. The van der Waals surface area contributed by atoms with Gasteiger partial charge in [-0.2, -0.15) is 4.39 Å². The summed E-state index contributed by atoms with van der Waals surface area (Å²) in [6.07, 6.45) is 0.697. The maximum Gasteiger partial charge on any atom is 0.354 e. The van der Waals surface area contributed by atoms with Crippen LogP contribution in [-0.2, 0) is 9.53 Å². The summed E-state index contributed by atoms with van der Waals surface area (Å²) in [6, 6.07) is 0. The standard InChI is InChI=1S/C7H8FN2O3/c1-2-13-7(11)5-4-10(12)6(8)3-9-5/h3H,2,4H2,1H3/q-1. The molecular formula is C7H8FN2O3-. The molecule has 0 aliphatic carbocycles. The van der Waals surface area contributed by atoms with Gasteiger partial charge in [0.1, 0.15) is 5.71 Å². The topological polar surface area (TPSA) is 65.0 Å². The van der Waals surface area contributed by atoms with Crippen LogP contribution in [0.15, 0.2) is 17.1 Å². The van der Waals surface area contributed by atoms with Gasteiger partial charge < -0.3 is 15.0 Å². The number of carbonyl (C=O) groups is 1. The van der Waals surface area contributed by atoms with Gasteiger partial charge in [-0.05, 0) is 6.92 Å². The zero-order chi connectivity index (χ0) is 9.84.